The lowest BCUT2D eigenvalue weighted by atomic mass is 9.98. The van der Waals surface area contributed by atoms with Gasteiger partial charge in [0.05, 0.1) is 5.56 Å². The van der Waals surface area contributed by atoms with Crippen LogP contribution in [0, 0.1) is 13.8 Å². The minimum Gasteiger partial charge on any atom is -0.366 e. The van der Waals surface area contributed by atoms with Crippen LogP contribution in [0.3, 0.4) is 0 Å². The minimum atomic E-state index is -0.321. The van der Waals surface area contributed by atoms with Crippen molar-refractivity contribution in [2.24, 2.45) is 0 Å². The molecule has 0 bridgehead atoms. The molecule has 2 N–H and O–H groups in total. The second-order valence-corrected chi connectivity index (χ2v) is 9.92. The number of aryl methyl sites for hydroxylation is 2. The molecule has 0 unspecified atom stereocenters. The maximum Gasteiger partial charge on any atom is 0.323 e. The zero-order valence-corrected chi connectivity index (χ0v) is 21.1. The number of hydrogen-bond acceptors (Lipinski definition) is 3. The summed E-state index contributed by atoms with van der Waals surface area (Å²) in [5.74, 6) is 0.0435. The lowest BCUT2D eigenvalue weighted by Crippen LogP contribution is -2.38. The van der Waals surface area contributed by atoms with Gasteiger partial charge in [0, 0.05) is 43.2 Å². The zero-order valence-electron chi connectivity index (χ0n) is 21.1. The SMILES string of the molecule is Cc1ccc(NC(=O)Nc2ccc(N3CCc4ccccc4C3)c(C(=O)N3CCCCC3)c2)c(C)c1. The van der Waals surface area contributed by atoms with E-state index in [9.17, 15) is 9.59 Å². The fourth-order valence-electron chi connectivity index (χ4n) is 5.27. The molecule has 6 nitrogen and oxygen atoms in total. The molecule has 3 amide bonds. The molecule has 3 aromatic rings. The Labute approximate surface area is 213 Å². The van der Waals surface area contributed by atoms with Crippen molar-refractivity contribution < 1.29 is 9.59 Å². The van der Waals surface area contributed by atoms with Crippen molar-refractivity contribution in [2.75, 3.05) is 35.2 Å². The van der Waals surface area contributed by atoms with Crippen molar-refractivity contribution in [3.8, 4) is 0 Å². The highest BCUT2D eigenvalue weighted by atomic mass is 16.2. The van der Waals surface area contributed by atoms with Crippen molar-refractivity contribution in [1.29, 1.82) is 0 Å². The third-order valence-corrected chi connectivity index (χ3v) is 7.23. The molecule has 0 aromatic heterocycles. The van der Waals surface area contributed by atoms with Crippen LogP contribution in [0.15, 0.2) is 60.7 Å². The van der Waals surface area contributed by atoms with Crippen LogP contribution in [0.25, 0.3) is 0 Å². The number of carbonyl (C=O) groups is 2. The first-order chi connectivity index (χ1) is 17.5. The van der Waals surface area contributed by atoms with Gasteiger partial charge >= 0.3 is 6.03 Å². The Balaban J connectivity index is 1.40. The highest BCUT2D eigenvalue weighted by Crippen LogP contribution is 2.31. The van der Waals surface area contributed by atoms with Gasteiger partial charge < -0.3 is 20.4 Å². The number of benzene rings is 3. The number of rotatable bonds is 4. The zero-order chi connectivity index (χ0) is 25.1. The van der Waals surface area contributed by atoms with Gasteiger partial charge in [-0.1, -0.05) is 42.0 Å². The van der Waals surface area contributed by atoms with Gasteiger partial charge in [-0.3, -0.25) is 4.79 Å². The molecule has 0 aliphatic carbocycles. The van der Waals surface area contributed by atoms with Gasteiger partial charge in [-0.25, -0.2) is 4.79 Å². The van der Waals surface area contributed by atoms with E-state index >= 15 is 0 Å². The fourth-order valence-corrected chi connectivity index (χ4v) is 5.27. The summed E-state index contributed by atoms with van der Waals surface area (Å²) in [6.45, 7) is 7.20. The lowest BCUT2D eigenvalue weighted by Gasteiger charge is -2.34. The number of anilines is 3. The molecule has 36 heavy (non-hydrogen) atoms. The molecule has 0 spiro atoms. The van der Waals surface area contributed by atoms with Crippen LogP contribution in [0.5, 0.6) is 0 Å². The number of fused-ring (bicyclic) bond motifs is 1. The maximum absolute atomic E-state index is 13.7. The largest absolute Gasteiger partial charge is 0.366 e. The average Bonchev–Trinajstić information content (AvgIpc) is 2.90. The number of likely N-dealkylation sites (tertiary alicyclic amines) is 1. The van der Waals surface area contributed by atoms with Crippen molar-refractivity contribution in [3.05, 3.63) is 88.5 Å². The Kier molecular flexibility index (Phi) is 6.94. The number of hydrogen-bond donors (Lipinski definition) is 2. The summed E-state index contributed by atoms with van der Waals surface area (Å²) < 4.78 is 0. The van der Waals surface area contributed by atoms with E-state index in [1.54, 1.807) is 0 Å². The first-order valence-electron chi connectivity index (χ1n) is 12.9. The molecule has 2 aliphatic rings. The molecule has 1 fully saturated rings. The maximum atomic E-state index is 13.7. The normalized spacial score (nSPS) is 15.3. The standard InChI is InChI=1S/C30H34N4O2/c1-21-10-12-27(22(2)18-21)32-30(36)31-25-11-13-28(26(19-25)29(35)33-15-6-3-7-16-33)34-17-14-23-8-4-5-9-24(23)20-34/h4-5,8-13,18-19H,3,6-7,14-17,20H2,1-2H3,(H2,31,32,36). The van der Waals surface area contributed by atoms with Crippen LogP contribution < -0.4 is 15.5 Å². The van der Waals surface area contributed by atoms with E-state index in [0.717, 1.165) is 67.9 Å². The van der Waals surface area contributed by atoms with Crippen LogP contribution in [-0.2, 0) is 13.0 Å². The van der Waals surface area contributed by atoms with E-state index in [-0.39, 0.29) is 11.9 Å². The molecule has 186 valence electrons. The average molecular weight is 483 g/mol. The Morgan fingerprint density at radius 3 is 2.36 bits per heavy atom. The second kappa shape index (κ2) is 10.4. The molecule has 6 heteroatoms. The molecule has 2 heterocycles. The second-order valence-electron chi connectivity index (χ2n) is 9.92. The van der Waals surface area contributed by atoms with E-state index in [0.29, 0.717) is 11.3 Å². The van der Waals surface area contributed by atoms with E-state index in [4.69, 9.17) is 0 Å². The summed E-state index contributed by atoms with van der Waals surface area (Å²) in [7, 11) is 0. The van der Waals surface area contributed by atoms with Gasteiger partial charge in [0.1, 0.15) is 0 Å². The van der Waals surface area contributed by atoms with Gasteiger partial charge in [-0.05, 0) is 80.5 Å². The van der Waals surface area contributed by atoms with Crippen molar-refractivity contribution in [1.82, 2.24) is 4.90 Å². The lowest BCUT2D eigenvalue weighted by molar-refractivity contribution is 0.0725. The third-order valence-electron chi connectivity index (χ3n) is 7.23. The molecule has 5 rings (SSSR count). The topological polar surface area (TPSA) is 64.7 Å². The minimum absolute atomic E-state index is 0.0435. The number of carbonyl (C=O) groups excluding carboxylic acids is 2. The van der Waals surface area contributed by atoms with Crippen LogP contribution in [-0.4, -0.2) is 36.5 Å². The summed E-state index contributed by atoms with van der Waals surface area (Å²) in [5.41, 5.74) is 7.79. The van der Waals surface area contributed by atoms with Crippen LogP contribution in [0.1, 0.15) is 51.9 Å². The third kappa shape index (κ3) is 5.23. The Bertz CT molecular complexity index is 1280. The molecule has 0 saturated carbocycles. The Morgan fingerprint density at radius 2 is 1.58 bits per heavy atom. The fraction of sp³-hybridized carbons (Fsp3) is 0.333. The van der Waals surface area contributed by atoms with Gasteiger partial charge in [0.2, 0.25) is 0 Å². The Morgan fingerprint density at radius 1 is 0.806 bits per heavy atom. The number of nitrogens with one attached hydrogen (secondary N) is 2. The first kappa shape index (κ1) is 23.9. The molecule has 2 aliphatic heterocycles. The van der Waals surface area contributed by atoms with Gasteiger partial charge in [-0.2, -0.15) is 0 Å². The highest BCUT2D eigenvalue weighted by molar-refractivity contribution is 6.04. The van der Waals surface area contributed by atoms with Crippen LogP contribution >= 0.6 is 0 Å². The van der Waals surface area contributed by atoms with E-state index in [1.165, 1.54) is 17.5 Å². The molecular weight excluding hydrogens is 448 g/mol. The first-order valence-corrected chi connectivity index (χ1v) is 12.9. The van der Waals surface area contributed by atoms with E-state index in [1.807, 2.05) is 55.1 Å². The summed E-state index contributed by atoms with van der Waals surface area (Å²) >= 11 is 0. The Hall–Kier alpha value is -3.80. The smallest absolute Gasteiger partial charge is 0.323 e. The molecule has 0 radical (unpaired) electrons. The predicted octanol–water partition coefficient (Wildman–Crippen LogP) is 6.14. The molecule has 0 atom stereocenters. The predicted molar refractivity (Wildman–Crippen MR) is 146 cm³/mol. The van der Waals surface area contributed by atoms with Crippen molar-refractivity contribution in [2.45, 2.75) is 46.1 Å². The van der Waals surface area contributed by atoms with Crippen molar-refractivity contribution in [3.63, 3.8) is 0 Å². The number of nitrogens with zero attached hydrogens (tertiary/aromatic N) is 2. The van der Waals surface area contributed by atoms with Crippen molar-refractivity contribution >= 4 is 29.0 Å². The summed E-state index contributed by atoms with van der Waals surface area (Å²) in [6, 6.07) is 19.8. The quantitative estimate of drug-likeness (QED) is 0.470. The van der Waals surface area contributed by atoms with Crippen LogP contribution in [0.2, 0.25) is 0 Å². The van der Waals surface area contributed by atoms with E-state index < -0.39 is 0 Å². The molecule has 3 aromatic carbocycles. The highest BCUT2D eigenvalue weighted by Gasteiger charge is 2.25. The monoisotopic (exact) mass is 482 g/mol. The van der Waals surface area contributed by atoms with E-state index in [2.05, 4.69) is 39.8 Å². The number of piperidine rings is 1. The summed E-state index contributed by atoms with van der Waals surface area (Å²) in [4.78, 5) is 30.7. The van der Waals surface area contributed by atoms with Crippen LogP contribution in [0.4, 0.5) is 21.9 Å². The van der Waals surface area contributed by atoms with Gasteiger partial charge in [0.15, 0.2) is 0 Å². The number of urea groups is 1. The summed E-state index contributed by atoms with van der Waals surface area (Å²) in [6.07, 6.45) is 4.19. The molecule has 1 saturated heterocycles. The molecular formula is C30H34N4O2. The summed E-state index contributed by atoms with van der Waals surface area (Å²) in [5, 5.41) is 5.87. The number of amides is 3. The van der Waals surface area contributed by atoms with Gasteiger partial charge in [-0.15, -0.1) is 0 Å². The van der Waals surface area contributed by atoms with Gasteiger partial charge in [0.25, 0.3) is 5.91 Å².